The summed E-state index contributed by atoms with van der Waals surface area (Å²) in [7, 11) is 0. The number of aliphatic hydroxyl groups is 1. The van der Waals surface area contributed by atoms with E-state index in [1.54, 1.807) is 12.1 Å². The van der Waals surface area contributed by atoms with Crippen LogP contribution in [0.4, 0.5) is 4.39 Å². The molecule has 22 heavy (non-hydrogen) atoms. The van der Waals surface area contributed by atoms with Gasteiger partial charge in [-0.25, -0.2) is 4.39 Å². The van der Waals surface area contributed by atoms with Gasteiger partial charge in [0.05, 0.1) is 11.8 Å². The molecule has 0 saturated carbocycles. The molecule has 0 amide bonds. The fraction of sp³-hybridized carbons (Fsp3) is 0.471. The lowest BCUT2D eigenvalue weighted by atomic mass is 9.87. The van der Waals surface area contributed by atoms with Gasteiger partial charge in [-0.3, -0.25) is 9.58 Å². The van der Waals surface area contributed by atoms with Crippen LogP contribution >= 0.6 is 0 Å². The van der Waals surface area contributed by atoms with Crippen molar-refractivity contribution in [3.05, 3.63) is 53.6 Å². The molecule has 2 aromatic rings. The van der Waals surface area contributed by atoms with Crippen LogP contribution in [0, 0.1) is 5.82 Å². The Morgan fingerprint density at radius 2 is 2.05 bits per heavy atom. The molecule has 1 aromatic carbocycles. The lowest BCUT2D eigenvalue weighted by Crippen LogP contribution is -2.42. The van der Waals surface area contributed by atoms with Gasteiger partial charge in [0, 0.05) is 31.7 Å². The summed E-state index contributed by atoms with van der Waals surface area (Å²) in [6.45, 7) is 5.24. The Kier molecular flexibility index (Phi) is 4.55. The molecule has 1 aromatic heterocycles. The second-order valence-corrected chi connectivity index (χ2v) is 5.91. The third kappa shape index (κ3) is 3.36. The average Bonchev–Trinajstić information content (AvgIpc) is 2.96. The van der Waals surface area contributed by atoms with E-state index in [4.69, 9.17) is 0 Å². The minimum atomic E-state index is -0.424. The highest BCUT2D eigenvalue weighted by molar-refractivity contribution is 5.22. The second kappa shape index (κ2) is 6.58. The highest BCUT2D eigenvalue weighted by Crippen LogP contribution is 2.29. The van der Waals surface area contributed by atoms with Crippen LogP contribution < -0.4 is 0 Å². The summed E-state index contributed by atoms with van der Waals surface area (Å²) in [5.41, 5.74) is 2.05. The molecule has 0 unspecified atom stereocenters. The van der Waals surface area contributed by atoms with Crippen molar-refractivity contribution in [2.45, 2.75) is 38.5 Å². The molecule has 1 fully saturated rings. The van der Waals surface area contributed by atoms with Gasteiger partial charge >= 0.3 is 0 Å². The van der Waals surface area contributed by atoms with E-state index in [2.05, 4.69) is 16.9 Å². The molecule has 118 valence electrons. The normalized spacial score (nSPS) is 22.9. The number of piperidine rings is 1. The van der Waals surface area contributed by atoms with Gasteiger partial charge in [0.15, 0.2) is 0 Å². The van der Waals surface area contributed by atoms with Gasteiger partial charge in [-0.1, -0.05) is 12.1 Å². The molecular formula is C17H22FN3O. The fourth-order valence-electron chi connectivity index (χ4n) is 3.13. The molecule has 2 atom stereocenters. The predicted octanol–water partition coefficient (Wildman–Crippen LogP) is 2.39. The third-order valence-corrected chi connectivity index (χ3v) is 4.37. The highest BCUT2D eigenvalue weighted by atomic mass is 19.1. The SMILES string of the molecule is CCn1ccc(CN2CC[C@@H](c3ccc(F)cc3)[C@H](O)C2)n1. The van der Waals surface area contributed by atoms with Crippen molar-refractivity contribution >= 4 is 0 Å². The van der Waals surface area contributed by atoms with E-state index >= 15 is 0 Å². The van der Waals surface area contributed by atoms with E-state index in [0.717, 1.165) is 37.3 Å². The number of halogens is 1. The maximum Gasteiger partial charge on any atom is 0.123 e. The van der Waals surface area contributed by atoms with Gasteiger partial charge in [0.2, 0.25) is 0 Å². The fourth-order valence-corrected chi connectivity index (χ4v) is 3.13. The van der Waals surface area contributed by atoms with Crippen LogP contribution in [-0.2, 0) is 13.1 Å². The Morgan fingerprint density at radius 3 is 2.68 bits per heavy atom. The summed E-state index contributed by atoms with van der Waals surface area (Å²) in [6, 6.07) is 8.52. The number of likely N-dealkylation sites (tertiary alicyclic amines) is 1. The molecular weight excluding hydrogens is 281 g/mol. The number of hydrogen-bond acceptors (Lipinski definition) is 3. The lowest BCUT2D eigenvalue weighted by molar-refractivity contribution is 0.0470. The van der Waals surface area contributed by atoms with Gasteiger partial charge < -0.3 is 5.11 Å². The molecule has 5 heteroatoms. The van der Waals surface area contributed by atoms with Crippen LogP contribution in [0.3, 0.4) is 0 Å². The Labute approximate surface area is 130 Å². The molecule has 3 rings (SSSR count). The van der Waals surface area contributed by atoms with E-state index in [1.165, 1.54) is 12.1 Å². The standard InChI is InChI=1S/C17H22FN3O/c1-2-21-10-7-15(19-21)11-20-9-8-16(17(22)12-20)13-3-5-14(18)6-4-13/h3-7,10,16-17,22H,2,8-9,11-12H2,1H3/t16-,17+/m0/s1. The number of hydrogen-bond donors (Lipinski definition) is 1. The monoisotopic (exact) mass is 303 g/mol. The van der Waals surface area contributed by atoms with Crippen LogP contribution in [0.2, 0.25) is 0 Å². The van der Waals surface area contributed by atoms with Crippen LogP contribution in [-0.4, -0.2) is 39.0 Å². The first kappa shape index (κ1) is 15.2. The smallest absolute Gasteiger partial charge is 0.123 e. The number of β-amino-alcohol motifs (C(OH)–C–C–N with tert-alkyl or cyclic N) is 1. The van der Waals surface area contributed by atoms with Crippen molar-refractivity contribution in [1.29, 1.82) is 0 Å². The van der Waals surface area contributed by atoms with Crippen molar-refractivity contribution < 1.29 is 9.50 Å². The second-order valence-electron chi connectivity index (χ2n) is 5.91. The zero-order valence-electron chi connectivity index (χ0n) is 12.8. The maximum atomic E-state index is 13.0. The van der Waals surface area contributed by atoms with Crippen molar-refractivity contribution in [2.75, 3.05) is 13.1 Å². The molecule has 0 aliphatic carbocycles. The Bertz CT molecular complexity index is 611. The number of aliphatic hydroxyl groups excluding tert-OH is 1. The van der Waals surface area contributed by atoms with Crippen molar-refractivity contribution in [3.63, 3.8) is 0 Å². The summed E-state index contributed by atoms with van der Waals surface area (Å²) < 4.78 is 14.9. The van der Waals surface area contributed by atoms with Crippen molar-refractivity contribution in [2.24, 2.45) is 0 Å². The molecule has 1 N–H and O–H groups in total. The molecule has 0 bridgehead atoms. The quantitative estimate of drug-likeness (QED) is 0.943. The first-order chi connectivity index (χ1) is 10.7. The van der Waals surface area contributed by atoms with Gasteiger partial charge in [-0.2, -0.15) is 5.10 Å². The first-order valence-electron chi connectivity index (χ1n) is 7.84. The van der Waals surface area contributed by atoms with E-state index < -0.39 is 6.10 Å². The van der Waals surface area contributed by atoms with Gasteiger partial charge in [0.25, 0.3) is 0 Å². The number of aromatic nitrogens is 2. The molecule has 1 aliphatic heterocycles. The lowest BCUT2D eigenvalue weighted by Gasteiger charge is -2.35. The predicted molar refractivity (Wildman–Crippen MR) is 82.9 cm³/mol. The Morgan fingerprint density at radius 1 is 1.27 bits per heavy atom. The number of nitrogens with zero attached hydrogens (tertiary/aromatic N) is 3. The zero-order valence-corrected chi connectivity index (χ0v) is 12.8. The maximum absolute atomic E-state index is 13.0. The molecule has 1 saturated heterocycles. The molecule has 0 spiro atoms. The number of benzene rings is 1. The third-order valence-electron chi connectivity index (χ3n) is 4.37. The van der Waals surface area contributed by atoms with E-state index in [-0.39, 0.29) is 11.7 Å². The molecule has 0 radical (unpaired) electrons. The van der Waals surface area contributed by atoms with Crippen LogP contribution in [0.25, 0.3) is 0 Å². The van der Waals surface area contributed by atoms with Crippen LogP contribution in [0.5, 0.6) is 0 Å². The van der Waals surface area contributed by atoms with Crippen molar-refractivity contribution in [3.8, 4) is 0 Å². The Balaban J connectivity index is 1.60. The zero-order chi connectivity index (χ0) is 15.5. The van der Waals surface area contributed by atoms with Crippen LogP contribution in [0.15, 0.2) is 36.5 Å². The summed E-state index contributed by atoms with van der Waals surface area (Å²) in [5, 5.41) is 14.9. The van der Waals surface area contributed by atoms with E-state index in [9.17, 15) is 9.50 Å². The first-order valence-corrected chi connectivity index (χ1v) is 7.84. The number of rotatable bonds is 4. The van der Waals surface area contributed by atoms with Gasteiger partial charge in [0.1, 0.15) is 5.82 Å². The largest absolute Gasteiger partial charge is 0.391 e. The van der Waals surface area contributed by atoms with Crippen molar-refractivity contribution in [1.82, 2.24) is 14.7 Å². The summed E-state index contributed by atoms with van der Waals surface area (Å²) in [5.74, 6) is -0.146. The van der Waals surface area contributed by atoms with Gasteiger partial charge in [-0.15, -0.1) is 0 Å². The molecule has 1 aliphatic rings. The summed E-state index contributed by atoms with van der Waals surface area (Å²) in [4.78, 5) is 2.23. The average molecular weight is 303 g/mol. The summed E-state index contributed by atoms with van der Waals surface area (Å²) >= 11 is 0. The topological polar surface area (TPSA) is 41.3 Å². The highest BCUT2D eigenvalue weighted by Gasteiger charge is 2.29. The Hall–Kier alpha value is -1.72. The molecule has 2 heterocycles. The van der Waals surface area contributed by atoms with Crippen LogP contribution in [0.1, 0.15) is 30.5 Å². The van der Waals surface area contributed by atoms with Gasteiger partial charge in [-0.05, 0) is 43.7 Å². The summed E-state index contributed by atoms with van der Waals surface area (Å²) in [6.07, 6.45) is 2.44. The van der Waals surface area contributed by atoms with E-state index in [1.807, 2.05) is 16.9 Å². The molecule has 4 nitrogen and oxygen atoms in total. The number of aryl methyl sites for hydroxylation is 1. The van der Waals surface area contributed by atoms with E-state index in [0.29, 0.717) is 6.54 Å². The minimum Gasteiger partial charge on any atom is -0.391 e. The minimum absolute atomic E-state index is 0.0880.